The van der Waals surface area contributed by atoms with Crippen LogP contribution in [0.3, 0.4) is 0 Å². The van der Waals surface area contributed by atoms with Gasteiger partial charge in [0, 0.05) is 25.2 Å². The Morgan fingerprint density at radius 3 is 2.95 bits per heavy atom. The van der Waals surface area contributed by atoms with Crippen molar-refractivity contribution in [3.05, 3.63) is 16.9 Å². The van der Waals surface area contributed by atoms with Crippen LogP contribution in [0.1, 0.15) is 6.42 Å². The average Bonchev–Trinajstić information content (AvgIpc) is 2.32. The molecule has 1 aromatic heterocycles. The van der Waals surface area contributed by atoms with Crippen LogP contribution in [0.25, 0.3) is 0 Å². The predicted molar refractivity (Wildman–Crippen MR) is 80.8 cm³/mol. The minimum absolute atomic E-state index is 0.0877. The summed E-state index contributed by atoms with van der Waals surface area (Å²) in [5.74, 6) is 0. The number of halogens is 1. The van der Waals surface area contributed by atoms with Gasteiger partial charge in [0.25, 0.3) is 0 Å². The number of nitrogen functional groups attached to an aromatic ring is 1. The minimum atomic E-state index is -0.991. The number of carbonyl (C=O) groups is 1. The van der Waals surface area contributed by atoms with Crippen LogP contribution in [0, 0.1) is 0 Å². The second-order valence-corrected chi connectivity index (χ2v) is 5.85. The highest BCUT2D eigenvalue weighted by Crippen LogP contribution is 2.23. The van der Waals surface area contributed by atoms with E-state index >= 15 is 0 Å². The van der Waals surface area contributed by atoms with Gasteiger partial charge in [-0.2, -0.15) is 0 Å². The second kappa shape index (κ2) is 6.27. The predicted octanol–water partition coefficient (Wildman–Crippen LogP) is 1.18. The third kappa shape index (κ3) is 3.97. The van der Waals surface area contributed by atoms with Crippen molar-refractivity contribution in [2.24, 2.45) is 0 Å². The number of aromatic nitrogens is 1. The molecule has 20 heavy (non-hydrogen) atoms. The molecule has 2 unspecified atom stereocenters. The zero-order valence-corrected chi connectivity index (χ0v) is 12.7. The Balaban J connectivity index is 2.04. The fourth-order valence-electron chi connectivity index (χ4n) is 2.49. The largest absolute Gasteiger partial charge is 0.465 e. The lowest BCUT2D eigenvalue weighted by molar-refractivity contribution is 0.170. The number of nitrogens with two attached hydrogens (primary N) is 1. The third-order valence-electron chi connectivity index (χ3n) is 3.22. The van der Waals surface area contributed by atoms with E-state index in [4.69, 9.17) is 10.8 Å². The molecule has 7 nitrogen and oxygen atoms in total. The lowest BCUT2D eigenvalue weighted by Gasteiger charge is -2.36. The number of piperidine rings is 1. The van der Waals surface area contributed by atoms with Crippen molar-refractivity contribution >= 4 is 33.4 Å². The van der Waals surface area contributed by atoms with Crippen LogP contribution >= 0.6 is 15.9 Å². The molecule has 1 fully saturated rings. The lowest BCUT2D eigenvalue weighted by Crippen LogP contribution is -2.53. The van der Waals surface area contributed by atoms with Crippen LogP contribution in [0.15, 0.2) is 16.9 Å². The molecule has 2 atom stereocenters. The van der Waals surface area contributed by atoms with Crippen molar-refractivity contribution in [3.8, 4) is 0 Å². The molecule has 5 N–H and O–H groups in total. The van der Waals surface area contributed by atoms with Crippen LogP contribution in [-0.4, -0.2) is 53.3 Å². The number of likely N-dealkylation sites (N-methyl/N-ethyl adjacent to an activating group) is 1. The van der Waals surface area contributed by atoms with Crippen molar-refractivity contribution in [2.45, 2.75) is 18.5 Å². The Morgan fingerprint density at radius 2 is 2.25 bits per heavy atom. The fraction of sp³-hybridized carbons (Fsp3) is 0.500. The molecule has 1 saturated heterocycles. The van der Waals surface area contributed by atoms with Gasteiger partial charge in [-0.15, -0.1) is 0 Å². The maximum atomic E-state index is 10.8. The van der Waals surface area contributed by atoms with Gasteiger partial charge in [-0.05, 0) is 35.5 Å². The van der Waals surface area contributed by atoms with Gasteiger partial charge in [0.15, 0.2) is 0 Å². The van der Waals surface area contributed by atoms with Crippen LogP contribution in [-0.2, 0) is 0 Å². The fourth-order valence-corrected chi connectivity index (χ4v) is 2.82. The molecule has 0 saturated carbocycles. The first-order chi connectivity index (χ1) is 9.44. The molecule has 8 heteroatoms. The highest BCUT2D eigenvalue weighted by atomic mass is 79.9. The van der Waals surface area contributed by atoms with Crippen LogP contribution < -0.4 is 16.4 Å². The van der Waals surface area contributed by atoms with Gasteiger partial charge in [-0.25, -0.2) is 9.78 Å². The van der Waals surface area contributed by atoms with Crippen LogP contribution in [0.4, 0.5) is 16.2 Å². The minimum Gasteiger partial charge on any atom is -0.465 e. The molecule has 0 bridgehead atoms. The first-order valence-corrected chi connectivity index (χ1v) is 7.09. The quantitative estimate of drug-likeness (QED) is 0.614. The molecule has 1 aliphatic heterocycles. The van der Waals surface area contributed by atoms with Crippen molar-refractivity contribution in [1.82, 2.24) is 15.2 Å². The summed E-state index contributed by atoms with van der Waals surface area (Å²) in [5, 5.41) is 14.7. The van der Waals surface area contributed by atoms with E-state index in [-0.39, 0.29) is 12.1 Å². The first kappa shape index (κ1) is 14.9. The number of rotatable bonds is 3. The number of amides is 1. The summed E-state index contributed by atoms with van der Waals surface area (Å²) in [4.78, 5) is 16.9. The smallest absolute Gasteiger partial charge is 0.404 e. The van der Waals surface area contributed by atoms with Gasteiger partial charge < -0.3 is 26.4 Å². The van der Waals surface area contributed by atoms with Gasteiger partial charge in [0.1, 0.15) is 4.60 Å². The van der Waals surface area contributed by atoms with E-state index in [1.165, 1.54) is 0 Å². The Kier molecular flexibility index (Phi) is 4.66. The Labute approximate surface area is 125 Å². The molecule has 2 rings (SSSR count). The molecule has 0 radical (unpaired) electrons. The number of pyridine rings is 1. The van der Waals surface area contributed by atoms with E-state index < -0.39 is 6.09 Å². The number of nitrogens with zero attached hydrogens (tertiary/aromatic N) is 2. The zero-order chi connectivity index (χ0) is 14.7. The summed E-state index contributed by atoms with van der Waals surface area (Å²) in [6.07, 6.45) is 1.32. The maximum Gasteiger partial charge on any atom is 0.404 e. The summed E-state index contributed by atoms with van der Waals surface area (Å²) in [7, 11) is 1.97. The highest BCUT2D eigenvalue weighted by Gasteiger charge is 2.26. The van der Waals surface area contributed by atoms with Crippen molar-refractivity contribution in [3.63, 3.8) is 0 Å². The Bertz CT molecular complexity index is 499. The summed E-state index contributed by atoms with van der Waals surface area (Å²) in [5.41, 5.74) is 7.27. The van der Waals surface area contributed by atoms with E-state index in [2.05, 4.69) is 36.4 Å². The van der Waals surface area contributed by atoms with Crippen LogP contribution in [0.2, 0.25) is 0 Å². The maximum absolute atomic E-state index is 10.8. The molecule has 1 amide bonds. The van der Waals surface area contributed by atoms with Gasteiger partial charge in [-0.1, -0.05) is 0 Å². The van der Waals surface area contributed by atoms with Gasteiger partial charge >= 0.3 is 6.09 Å². The van der Waals surface area contributed by atoms with Crippen LogP contribution in [0.5, 0.6) is 0 Å². The normalized spacial score (nSPS) is 23.3. The summed E-state index contributed by atoms with van der Waals surface area (Å²) in [6, 6.07) is 1.86. The molecule has 1 aromatic rings. The number of anilines is 2. The van der Waals surface area contributed by atoms with Crippen molar-refractivity contribution in [1.29, 1.82) is 0 Å². The summed E-state index contributed by atoms with van der Waals surface area (Å²) >= 11 is 3.31. The summed E-state index contributed by atoms with van der Waals surface area (Å²) < 4.78 is 0.707. The number of carboxylic acid groups (broad SMARTS) is 1. The van der Waals surface area contributed by atoms with Crippen molar-refractivity contribution in [2.75, 3.05) is 31.2 Å². The number of hydrogen-bond donors (Lipinski definition) is 4. The van der Waals surface area contributed by atoms with E-state index in [0.717, 1.165) is 18.7 Å². The van der Waals surface area contributed by atoms with Gasteiger partial charge in [0.05, 0.1) is 17.6 Å². The SMILES string of the molecule is CN1CC(NC(=O)O)CC(Nc2cc(Br)ncc2N)C1. The lowest BCUT2D eigenvalue weighted by atomic mass is 10.0. The molecule has 0 aliphatic carbocycles. The zero-order valence-electron chi connectivity index (χ0n) is 11.1. The molecule has 2 heterocycles. The topological polar surface area (TPSA) is 104 Å². The average molecular weight is 344 g/mol. The molecule has 0 spiro atoms. The molecule has 0 aromatic carbocycles. The number of likely N-dealkylation sites (tertiary alicyclic amines) is 1. The molecule has 1 aliphatic rings. The number of nitrogens with one attached hydrogen (secondary N) is 2. The van der Waals surface area contributed by atoms with E-state index in [9.17, 15) is 4.79 Å². The Morgan fingerprint density at radius 1 is 1.55 bits per heavy atom. The van der Waals surface area contributed by atoms with E-state index in [1.807, 2.05) is 13.1 Å². The van der Waals surface area contributed by atoms with Crippen molar-refractivity contribution < 1.29 is 9.90 Å². The molecule has 110 valence electrons. The van der Waals surface area contributed by atoms with E-state index in [0.29, 0.717) is 16.8 Å². The van der Waals surface area contributed by atoms with Gasteiger partial charge in [0.2, 0.25) is 0 Å². The second-order valence-electron chi connectivity index (χ2n) is 5.04. The third-order valence-corrected chi connectivity index (χ3v) is 3.66. The monoisotopic (exact) mass is 343 g/mol. The standard InChI is InChI=1S/C12H18BrN5O2/c1-18-5-7(2-8(6-18)17-12(19)20)16-10-3-11(13)15-4-9(10)14/h3-4,7-8,17H,2,5-6,14H2,1H3,(H,15,16)(H,19,20). The van der Waals surface area contributed by atoms with E-state index in [1.54, 1.807) is 6.20 Å². The highest BCUT2D eigenvalue weighted by molar-refractivity contribution is 9.10. The summed E-state index contributed by atoms with van der Waals surface area (Å²) in [6.45, 7) is 1.54. The van der Waals surface area contributed by atoms with Gasteiger partial charge in [-0.3, -0.25) is 0 Å². The first-order valence-electron chi connectivity index (χ1n) is 6.29. The molecular weight excluding hydrogens is 326 g/mol. The Hall–Kier alpha value is -1.54. The molecular formula is C12H18BrN5O2. The number of hydrogen-bond acceptors (Lipinski definition) is 5.